The van der Waals surface area contributed by atoms with Crippen LogP contribution < -0.4 is 11.1 Å². The SMILES string of the molecule is CNC(C)C(N)=O.Cl.Cl. The van der Waals surface area contributed by atoms with E-state index >= 15 is 0 Å². The molecule has 0 spiro atoms. The minimum Gasteiger partial charge on any atom is -0.368 e. The van der Waals surface area contributed by atoms with Gasteiger partial charge in [-0.25, -0.2) is 0 Å². The van der Waals surface area contributed by atoms with Gasteiger partial charge in [0.05, 0.1) is 6.04 Å². The molecule has 0 aromatic heterocycles. The third-order valence-electron chi connectivity index (χ3n) is 0.860. The van der Waals surface area contributed by atoms with E-state index in [1.54, 1.807) is 14.0 Å². The van der Waals surface area contributed by atoms with Gasteiger partial charge in [-0.1, -0.05) is 0 Å². The maximum Gasteiger partial charge on any atom is 0.234 e. The Labute approximate surface area is 67.2 Å². The molecule has 0 aliphatic rings. The van der Waals surface area contributed by atoms with Crippen molar-refractivity contribution < 1.29 is 4.79 Å². The normalized spacial score (nSPS) is 10.4. The number of likely N-dealkylation sites (N-methyl/N-ethyl adjacent to an activating group) is 1. The zero-order valence-electron chi connectivity index (χ0n) is 5.38. The number of nitrogens with one attached hydrogen (secondary N) is 1. The van der Waals surface area contributed by atoms with Gasteiger partial charge in [0.1, 0.15) is 0 Å². The molecule has 0 aromatic rings. The predicted octanol–water partition coefficient (Wildman–Crippen LogP) is -0.0768. The van der Waals surface area contributed by atoms with Gasteiger partial charge in [-0.15, -0.1) is 24.8 Å². The van der Waals surface area contributed by atoms with E-state index in [2.05, 4.69) is 5.32 Å². The second kappa shape index (κ2) is 8.01. The molecule has 0 saturated carbocycles. The van der Waals surface area contributed by atoms with Crippen LogP contribution in [0.25, 0.3) is 0 Å². The molecule has 1 atom stereocenters. The van der Waals surface area contributed by atoms with Crippen LogP contribution in [0.15, 0.2) is 0 Å². The summed E-state index contributed by atoms with van der Waals surface area (Å²) in [7, 11) is 1.69. The average molecular weight is 175 g/mol. The number of rotatable bonds is 2. The molecule has 0 aliphatic heterocycles. The van der Waals surface area contributed by atoms with Gasteiger partial charge in [0.15, 0.2) is 0 Å². The summed E-state index contributed by atoms with van der Waals surface area (Å²) in [5, 5.41) is 2.69. The standard InChI is InChI=1S/C4H10N2O.2ClH/c1-3(6-2)4(5)7;;/h3,6H,1-2H3,(H2,5,7);2*1H. The first-order valence-corrected chi connectivity index (χ1v) is 2.15. The first kappa shape index (κ1) is 16.0. The highest BCUT2D eigenvalue weighted by atomic mass is 35.5. The van der Waals surface area contributed by atoms with Gasteiger partial charge >= 0.3 is 0 Å². The van der Waals surface area contributed by atoms with Crippen LogP contribution in [0, 0.1) is 0 Å². The Kier molecular flexibility index (Phi) is 14.2. The van der Waals surface area contributed by atoms with Crippen molar-refractivity contribution in [3.8, 4) is 0 Å². The lowest BCUT2D eigenvalue weighted by Gasteiger charge is -2.01. The van der Waals surface area contributed by atoms with Crippen molar-refractivity contribution in [2.24, 2.45) is 5.73 Å². The lowest BCUT2D eigenvalue weighted by atomic mass is 10.3. The molecular weight excluding hydrogens is 163 g/mol. The molecule has 9 heavy (non-hydrogen) atoms. The van der Waals surface area contributed by atoms with Crippen LogP contribution in [-0.4, -0.2) is 19.0 Å². The number of primary amides is 1. The predicted molar refractivity (Wildman–Crippen MR) is 42.2 cm³/mol. The fraction of sp³-hybridized carbons (Fsp3) is 0.750. The van der Waals surface area contributed by atoms with Gasteiger partial charge in [0, 0.05) is 0 Å². The highest BCUT2D eigenvalue weighted by Gasteiger charge is 2.01. The molecule has 0 aromatic carbocycles. The summed E-state index contributed by atoms with van der Waals surface area (Å²) in [6.45, 7) is 1.71. The first-order chi connectivity index (χ1) is 3.18. The molecule has 0 rings (SSSR count). The quantitative estimate of drug-likeness (QED) is 0.616. The van der Waals surface area contributed by atoms with Gasteiger partial charge in [0.25, 0.3) is 0 Å². The first-order valence-electron chi connectivity index (χ1n) is 2.15. The van der Waals surface area contributed by atoms with E-state index in [-0.39, 0.29) is 36.8 Å². The van der Waals surface area contributed by atoms with Gasteiger partial charge in [-0.2, -0.15) is 0 Å². The molecule has 0 aliphatic carbocycles. The molecular formula is C4H12Cl2N2O. The molecule has 0 bridgehead atoms. The number of nitrogens with two attached hydrogens (primary N) is 1. The zero-order chi connectivity index (χ0) is 5.86. The third kappa shape index (κ3) is 8.01. The van der Waals surface area contributed by atoms with Gasteiger partial charge < -0.3 is 11.1 Å². The summed E-state index contributed by atoms with van der Waals surface area (Å²) >= 11 is 0. The topological polar surface area (TPSA) is 55.1 Å². The van der Waals surface area contributed by atoms with Crippen LogP contribution in [0.5, 0.6) is 0 Å². The Bertz CT molecular complexity index is 79.0. The van der Waals surface area contributed by atoms with Crippen molar-refractivity contribution in [2.45, 2.75) is 13.0 Å². The van der Waals surface area contributed by atoms with Gasteiger partial charge in [-0.05, 0) is 14.0 Å². The van der Waals surface area contributed by atoms with Crippen LogP contribution >= 0.6 is 24.8 Å². The number of halogens is 2. The zero-order valence-corrected chi connectivity index (χ0v) is 7.01. The molecule has 3 N–H and O–H groups in total. The van der Waals surface area contributed by atoms with Crippen molar-refractivity contribution in [2.75, 3.05) is 7.05 Å². The monoisotopic (exact) mass is 174 g/mol. The van der Waals surface area contributed by atoms with Crippen LogP contribution in [0.4, 0.5) is 0 Å². The van der Waals surface area contributed by atoms with E-state index in [4.69, 9.17) is 5.73 Å². The summed E-state index contributed by atoms with van der Waals surface area (Å²) in [6.07, 6.45) is 0. The van der Waals surface area contributed by atoms with Gasteiger partial charge in [0.2, 0.25) is 5.91 Å². The summed E-state index contributed by atoms with van der Waals surface area (Å²) < 4.78 is 0. The Morgan fingerprint density at radius 1 is 1.56 bits per heavy atom. The van der Waals surface area contributed by atoms with Crippen LogP contribution in [-0.2, 0) is 4.79 Å². The number of amides is 1. The molecule has 0 heterocycles. The molecule has 3 nitrogen and oxygen atoms in total. The Hall–Kier alpha value is 0.01000. The maximum absolute atomic E-state index is 10.1. The van der Waals surface area contributed by atoms with E-state index < -0.39 is 0 Å². The maximum atomic E-state index is 10.1. The summed E-state index contributed by atoms with van der Waals surface area (Å²) in [5.41, 5.74) is 4.85. The largest absolute Gasteiger partial charge is 0.368 e. The number of hydrogen-bond donors (Lipinski definition) is 2. The average Bonchev–Trinajstić information content (AvgIpc) is 1.65. The smallest absolute Gasteiger partial charge is 0.234 e. The van der Waals surface area contributed by atoms with Gasteiger partial charge in [-0.3, -0.25) is 4.79 Å². The van der Waals surface area contributed by atoms with Crippen molar-refractivity contribution in [3.63, 3.8) is 0 Å². The second-order valence-electron chi connectivity index (χ2n) is 1.41. The van der Waals surface area contributed by atoms with Crippen molar-refractivity contribution >= 4 is 30.7 Å². The van der Waals surface area contributed by atoms with Crippen molar-refractivity contribution in [1.82, 2.24) is 5.32 Å². The molecule has 0 saturated heterocycles. The fourth-order valence-electron chi connectivity index (χ4n) is 0.142. The summed E-state index contributed by atoms with van der Waals surface area (Å²) in [5.74, 6) is -0.317. The van der Waals surface area contributed by atoms with Crippen molar-refractivity contribution in [3.05, 3.63) is 0 Å². The highest BCUT2D eigenvalue weighted by molar-refractivity contribution is 5.85. The molecule has 1 amide bonds. The van der Waals surface area contributed by atoms with E-state index in [0.717, 1.165) is 0 Å². The van der Waals surface area contributed by atoms with Crippen LogP contribution in [0.1, 0.15) is 6.92 Å². The molecule has 58 valence electrons. The van der Waals surface area contributed by atoms with Crippen molar-refractivity contribution in [1.29, 1.82) is 0 Å². The minimum atomic E-state index is -0.317. The van der Waals surface area contributed by atoms with Crippen LogP contribution in [0.2, 0.25) is 0 Å². The third-order valence-corrected chi connectivity index (χ3v) is 0.860. The lowest BCUT2D eigenvalue weighted by Crippen LogP contribution is -2.36. The fourth-order valence-corrected chi connectivity index (χ4v) is 0.142. The Morgan fingerprint density at radius 2 is 1.89 bits per heavy atom. The molecule has 5 heteroatoms. The number of hydrogen-bond acceptors (Lipinski definition) is 2. The summed E-state index contributed by atoms with van der Waals surface area (Å²) in [6, 6.07) is -0.208. The molecule has 1 unspecified atom stereocenters. The Morgan fingerprint density at radius 3 is 1.89 bits per heavy atom. The highest BCUT2D eigenvalue weighted by Crippen LogP contribution is 1.71. The molecule has 0 fully saturated rings. The number of carbonyl (C=O) groups is 1. The van der Waals surface area contributed by atoms with E-state index in [1.165, 1.54) is 0 Å². The second-order valence-corrected chi connectivity index (χ2v) is 1.41. The molecule has 0 radical (unpaired) electrons. The van der Waals surface area contributed by atoms with Crippen LogP contribution in [0.3, 0.4) is 0 Å². The van der Waals surface area contributed by atoms with E-state index in [9.17, 15) is 4.79 Å². The lowest BCUT2D eigenvalue weighted by molar-refractivity contribution is -0.119. The van der Waals surface area contributed by atoms with E-state index in [1.807, 2.05) is 0 Å². The van der Waals surface area contributed by atoms with E-state index in [0.29, 0.717) is 0 Å². The minimum absolute atomic E-state index is 0. The Balaban J connectivity index is -0.000000180. The summed E-state index contributed by atoms with van der Waals surface area (Å²) in [4.78, 5) is 10.1. The number of carbonyl (C=O) groups excluding carboxylic acids is 1.